The summed E-state index contributed by atoms with van der Waals surface area (Å²) < 4.78 is 37.9. The summed E-state index contributed by atoms with van der Waals surface area (Å²) >= 11 is 0. The van der Waals surface area contributed by atoms with Crippen LogP contribution in [0.4, 0.5) is 13.2 Å². The molecule has 4 nitrogen and oxygen atoms in total. The fourth-order valence-electron chi connectivity index (χ4n) is 1.20. The van der Waals surface area contributed by atoms with Gasteiger partial charge in [0.15, 0.2) is 0 Å². The van der Waals surface area contributed by atoms with Crippen molar-refractivity contribution in [1.29, 1.82) is 5.26 Å². The largest absolute Gasteiger partial charge is 0.481 e. The number of carboxylic acids is 1. The van der Waals surface area contributed by atoms with Crippen LogP contribution in [0, 0.1) is 17.3 Å². The summed E-state index contributed by atoms with van der Waals surface area (Å²) in [7, 11) is 0. The van der Waals surface area contributed by atoms with Gasteiger partial charge in [-0.2, -0.15) is 9.65 Å². The minimum absolute atomic E-state index is 0.362. The van der Waals surface area contributed by atoms with Gasteiger partial charge in [-0.1, -0.05) is 0 Å². The zero-order valence-corrected chi connectivity index (χ0v) is 7.75. The van der Waals surface area contributed by atoms with Crippen molar-refractivity contribution in [2.75, 3.05) is 0 Å². The number of nitriles is 1. The third kappa shape index (κ3) is 2.28. The highest BCUT2D eigenvalue weighted by atomic mass is 19.3. The van der Waals surface area contributed by atoms with Crippen LogP contribution in [0.5, 0.6) is 0 Å². The summed E-state index contributed by atoms with van der Waals surface area (Å²) in [5, 5.41) is 17.1. The van der Waals surface area contributed by atoms with E-state index in [0.29, 0.717) is 0 Å². The number of carboxylic acid groups (broad SMARTS) is 1. The van der Waals surface area contributed by atoms with E-state index in [0.717, 1.165) is 6.20 Å². The molecule has 0 aliphatic rings. The molecule has 0 aromatic carbocycles. The standard InChI is InChI=1S/C9H5F3N2O2/c10-8(11)7-5(1-6(15)16)4(2-13)3-14-9(7)12/h3,8H,1H2,(H,15,16). The summed E-state index contributed by atoms with van der Waals surface area (Å²) in [6.07, 6.45) is -3.32. The smallest absolute Gasteiger partial charge is 0.307 e. The van der Waals surface area contributed by atoms with Crippen LogP contribution in [-0.4, -0.2) is 16.1 Å². The van der Waals surface area contributed by atoms with E-state index in [-0.39, 0.29) is 5.56 Å². The first-order valence-corrected chi connectivity index (χ1v) is 4.04. The predicted octanol–water partition coefficient (Wildman–Crippen LogP) is 1.66. The first-order chi connectivity index (χ1) is 7.47. The lowest BCUT2D eigenvalue weighted by atomic mass is 10.0. The van der Waals surface area contributed by atoms with Crippen LogP contribution in [0.2, 0.25) is 0 Å². The molecular formula is C9H5F3N2O2. The van der Waals surface area contributed by atoms with E-state index in [9.17, 15) is 18.0 Å². The fraction of sp³-hybridized carbons (Fsp3) is 0.222. The van der Waals surface area contributed by atoms with Gasteiger partial charge in [-0.3, -0.25) is 4.79 Å². The molecule has 0 amide bonds. The normalized spacial score (nSPS) is 10.2. The molecule has 1 rings (SSSR count). The molecule has 0 fully saturated rings. The van der Waals surface area contributed by atoms with Crippen LogP contribution in [0.25, 0.3) is 0 Å². The highest BCUT2D eigenvalue weighted by Gasteiger charge is 2.24. The molecular weight excluding hydrogens is 225 g/mol. The molecule has 0 saturated carbocycles. The minimum atomic E-state index is -3.21. The van der Waals surface area contributed by atoms with Gasteiger partial charge in [0, 0.05) is 6.20 Å². The summed E-state index contributed by atoms with van der Waals surface area (Å²) in [4.78, 5) is 13.4. The second-order valence-electron chi connectivity index (χ2n) is 2.84. The number of halogens is 3. The molecule has 0 saturated heterocycles. The number of pyridine rings is 1. The average molecular weight is 230 g/mol. The van der Waals surface area contributed by atoms with Gasteiger partial charge in [0.1, 0.15) is 6.07 Å². The lowest BCUT2D eigenvalue weighted by Gasteiger charge is -2.08. The van der Waals surface area contributed by atoms with Crippen molar-refractivity contribution in [3.05, 3.63) is 28.8 Å². The number of aliphatic carboxylic acids is 1. The Labute approximate surface area is 88.0 Å². The third-order valence-electron chi connectivity index (χ3n) is 1.85. The first kappa shape index (κ1) is 12.0. The Morgan fingerprint density at radius 3 is 2.69 bits per heavy atom. The van der Waals surface area contributed by atoms with Crippen molar-refractivity contribution in [3.8, 4) is 6.07 Å². The molecule has 0 unspecified atom stereocenters. The molecule has 0 bridgehead atoms. The van der Waals surface area contributed by atoms with Gasteiger partial charge in [0.05, 0.1) is 17.5 Å². The highest BCUT2D eigenvalue weighted by molar-refractivity contribution is 5.72. The molecule has 0 aliphatic carbocycles. The monoisotopic (exact) mass is 230 g/mol. The molecule has 7 heteroatoms. The summed E-state index contributed by atoms with van der Waals surface area (Å²) in [6.45, 7) is 0. The average Bonchev–Trinajstić information content (AvgIpc) is 2.16. The zero-order chi connectivity index (χ0) is 12.3. The topological polar surface area (TPSA) is 74.0 Å². The Hall–Kier alpha value is -2.10. The van der Waals surface area contributed by atoms with Crippen LogP contribution in [0.1, 0.15) is 23.1 Å². The van der Waals surface area contributed by atoms with Crippen LogP contribution >= 0.6 is 0 Å². The maximum atomic E-state index is 13.0. The van der Waals surface area contributed by atoms with Crippen molar-refractivity contribution >= 4 is 5.97 Å². The van der Waals surface area contributed by atoms with Crippen molar-refractivity contribution in [1.82, 2.24) is 4.98 Å². The molecule has 16 heavy (non-hydrogen) atoms. The number of hydrogen-bond acceptors (Lipinski definition) is 3. The zero-order valence-electron chi connectivity index (χ0n) is 7.75. The quantitative estimate of drug-likeness (QED) is 0.801. The summed E-state index contributed by atoms with van der Waals surface area (Å²) in [5.74, 6) is -2.88. The maximum absolute atomic E-state index is 13.0. The fourth-order valence-corrected chi connectivity index (χ4v) is 1.20. The number of alkyl halides is 2. The van der Waals surface area contributed by atoms with Gasteiger partial charge in [-0.15, -0.1) is 0 Å². The van der Waals surface area contributed by atoms with Gasteiger partial charge in [-0.05, 0) is 5.56 Å². The second kappa shape index (κ2) is 4.61. The Balaban J connectivity index is 3.43. The Bertz CT molecular complexity index is 469. The molecule has 0 atom stereocenters. The van der Waals surface area contributed by atoms with Crippen molar-refractivity contribution < 1.29 is 23.1 Å². The molecule has 1 heterocycles. The maximum Gasteiger partial charge on any atom is 0.307 e. The number of nitrogens with zero attached hydrogens (tertiary/aromatic N) is 2. The molecule has 0 aliphatic heterocycles. The van der Waals surface area contributed by atoms with Gasteiger partial charge < -0.3 is 5.11 Å². The molecule has 84 valence electrons. The van der Waals surface area contributed by atoms with E-state index >= 15 is 0 Å². The van der Waals surface area contributed by atoms with Gasteiger partial charge in [-0.25, -0.2) is 13.8 Å². The molecule has 0 radical (unpaired) electrons. The lowest BCUT2D eigenvalue weighted by Crippen LogP contribution is -2.10. The molecule has 1 aromatic heterocycles. The van der Waals surface area contributed by atoms with Gasteiger partial charge in [0.2, 0.25) is 5.95 Å². The van der Waals surface area contributed by atoms with Crippen LogP contribution in [-0.2, 0) is 11.2 Å². The molecule has 1 N–H and O–H groups in total. The van der Waals surface area contributed by atoms with E-state index in [1.165, 1.54) is 6.07 Å². The summed E-state index contributed by atoms with van der Waals surface area (Å²) in [5.41, 5.74) is -2.02. The van der Waals surface area contributed by atoms with Crippen LogP contribution in [0.15, 0.2) is 6.20 Å². The Morgan fingerprint density at radius 1 is 1.62 bits per heavy atom. The van der Waals surface area contributed by atoms with Crippen LogP contribution < -0.4 is 0 Å². The lowest BCUT2D eigenvalue weighted by molar-refractivity contribution is -0.136. The Kier molecular flexibility index (Phi) is 3.45. The summed E-state index contributed by atoms with van der Waals surface area (Å²) in [6, 6.07) is 1.50. The van der Waals surface area contributed by atoms with Crippen LogP contribution in [0.3, 0.4) is 0 Å². The first-order valence-electron chi connectivity index (χ1n) is 4.04. The van der Waals surface area contributed by atoms with E-state index in [1.54, 1.807) is 0 Å². The number of hydrogen-bond donors (Lipinski definition) is 1. The van der Waals surface area contributed by atoms with Gasteiger partial charge in [0.25, 0.3) is 6.43 Å². The Morgan fingerprint density at radius 2 is 2.25 bits per heavy atom. The van der Waals surface area contributed by atoms with E-state index < -0.39 is 35.9 Å². The third-order valence-corrected chi connectivity index (χ3v) is 1.85. The molecule has 1 aromatic rings. The van der Waals surface area contributed by atoms with Gasteiger partial charge >= 0.3 is 5.97 Å². The van der Waals surface area contributed by atoms with Crippen molar-refractivity contribution in [3.63, 3.8) is 0 Å². The SMILES string of the molecule is N#Cc1cnc(F)c(C(F)F)c1CC(=O)O. The second-order valence-corrected chi connectivity index (χ2v) is 2.84. The number of rotatable bonds is 3. The van der Waals surface area contributed by atoms with Crippen molar-refractivity contribution in [2.24, 2.45) is 0 Å². The van der Waals surface area contributed by atoms with E-state index in [1.807, 2.05) is 0 Å². The van der Waals surface area contributed by atoms with Crippen molar-refractivity contribution in [2.45, 2.75) is 12.8 Å². The number of aromatic nitrogens is 1. The predicted molar refractivity (Wildman–Crippen MR) is 45.2 cm³/mol. The van der Waals surface area contributed by atoms with E-state index in [4.69, 9.17) is 10.4 Å². The highest BCUT2D eigenvalue weighted by Crippen LogP contribution is 2.27. The number of carbonyl (C=O) groups is 1. The van der Waals surface area contributed by atoms with E-state index in [2.05, 4.69) is 4.98 Å². The minimum Gasteiger partial charge on any atom is -0.481 e. The molecule has 0 spiro atoms.